The molecule has 3 rings (SSSR count). The highest BCUT2D eigenvalue weighted by Gasteiger charge is 2.18. The van der Waals surface area contributed by atoms with Crippen molar-refractivity contribution in [3.63, 3.8) is 0 Å². The largest absolute Gasteiger partial charge is 0.444 e. The molecule has 0 atom stereocenters. The van der Waals surface area contributed by atoms with Crippen LogP contribution in [0.4, 0.5) is 20.7 Å². The molecule has 8 heteroatoms. The summed E-state index contributed by atoms with van der Waals surface area (Å²) in [5.74, 6) is -0.256. The summed E-state index contributed by atoms with van der Waals surface area (Å²) in [6.07, 6.45) is 0.663. The molecular formula is C18H18FN5O2. The second-order valence-electron chi connectivity index (χ2n) is 6.69. The zero-order valence-electron chi connectivity index (χ0n) is 14.6. The molecule has 0 fully saturated rings. The van der Waals surface area contributed by atoms with Crippen LogP contribution < -0.4 is 11.1 Å². The number of nitrogens with two attached hydrogens (primary N) is 1. The maximum absolute atomic E-state index is 13.6. The molecule has 2 heterocycles. The lowest BCUT2D eigenvalue weighted by Gasteiger charge is -2.19. The molecule has 0 aliphatic heterocycles. The topological polar surface area (TPSA) is 103 Å². The Labute approximate surface area is 149 Å². The lowest BCUT2D eigenvalue weighted by molar-refractivity contribution is 0.0635. The van der Waals surface area contributed by atoms with Crippen LogP contribution in [0.25, 0.3) is 22.3 Å². The van der Waals surface area contributed by atoms with Gasteiger partial charge in [0.15, 0.2) is 5.82 Å². The van der Waals surface area contributed by atoms with Crippen molar-refractivity contribution in [2.45, 2.75) is 26.4 Å². The fourth-order valence-electron chi connectivity index (χ4n) is 2.35. The van der Waals surface area contributed by atoms with E-state index in [0.29, 0.717) is 28.0 Å². The summed E-state index contributed by atoms with van der Waals surface area (Å²) < 4.78 is 18.9. The van der Waals surface area contributed by atoms with Gasteiger partial charge >= 0.3 is 6.09 Å². The maximum Gasteiger partial charge on any atom is 0.413 e. The molecular weight excluding hydrogens is 337 g/mol. The standard InChI is InChI=1S/C18H18FN5O2/c1-18(2,3)26-17(25)24-16-15-14(21-9-22-16)5-4-13(23-15)10-6-11(19)8-12(20)7-10/h4-9H,20H2,1-3H3,(H,21,22,24,25). The molecule has 2 aromatic heterocycles. The van der Waals surface area contributed by atoms with E-state index in [1.54, 1.807) is 39.0 Å². The molecule has 0 unspecified atom stereocenters. The third kappa shape index (κ3) is 4.02. The third-order valence-corrected chi connectivity index (χ3v) is 3.32. The van der Waals surface area contributed by atoms with Gasteiger partial charge in [0.2, 0.25) is 0 Å². The van der Waals surface area contributed by atoms with E-state index in [2.05, 4.69) is 20.3 Å². The van der Waals surface area contributed by atoms with Crippen LogP contribution in [0, 0.1) is 5.82 Å². The summed E-state index contributed by atoms with van der Waals surface area (Å²) in [6, 6.07) is 7.57. The van der Waals surface area contributed by atoms with Crippen LogP contribution >= 0.6 is 0 Å². The van der Waals surface area contributed by atoms with Gasteiger partial charge in [-0.2, -0.15) is 0 Å². The minimum absolute atomic E-state index is 0.204. The number of benzene rings is 1. The van der Waals surface area contributed by atoms with Gasteiger partial charge in [-0.3, -0.25) is 5.32 Å². The van der Waals surface area contributed by atoms with Crippen LogP contribution in [-0.4, -0.2) is 26.6 Å². The van der Waals surface area contributed by atoms with Crippen LogP contribution in [0.15, 0.2) is 36.7 Å². The molecule has 7 nitrogen and oxygen atoms in total. The van der Waals surface area contributed by atoms with Crippen molar-refractivity contribution in [2.24, 2.45) is 0 Å². The number of carbonyl (C=O) groups is 1. The lowest BCUT2D eigenvalue weighted by Crippen LogP contribution is -2.27. The number of halogens is 1. The van der Waals surface area contributed by atoms with Gasteiger partial charge in [0.05, 0.1) is 11.2 Å². The molecule has 0 aliphatic carbocycles. The quantitative estimate of drug-likeness (QED) is 0.679. The number of fused-ring (bicyclic) bond motifs is 1. The van der Waals surface area contributed by atoms with Crippen molar-refractivity contribution < 1.29 is 13.9 Å². The highest BCUT2D eigenvalue weighted by molar-refractivity contribution is 5.95. The summed E-state index contributed by atoms with van der Waals surface area (Å²) in [6.45, 7) is 5.28. The average molecular weight is 355 g/mol. The first-order valence-corrected chi connectivity index (χ1v) is 7.89. The Morgan fingerprint density at radius 3 is 2.65 bits per heavy atom. The molecule has 0 bridgehead atoms. The van der Waals surface area contributed by atoms with Gasteiger partial charge in [0.1, 0.15) is 23.3 Å². The van der Waals surface area contributed by atoms with Crippen LogP contribution in [-0.2, 0) is 4.74 Å². The Hall–Kier alpha value is -3.29. The van der Waals surface area contributed by atoms with Gasteiger partial charge in [0.25, 0.3) is 0 Å². The second kappa shape index (κ2) is 6.55. The van der Waals surface area contributed by atoms with E-state index in [0.717, 1.165) is 0 Å². The van der Waals surface area contributed by atoms with Gasteiger partial charge in [0, 0.05) is 11.3 Å². The van der Waals surface area contributed by atoms with E-state index in [1.165, 1.54) is 18.5 Å². The predicted molar refractivity (Wildman–Crippen MR) is 97.0 cm³/mol. The normalized spacial score (nSPS) is 11.4. The average Bonchev–Trinajstić information content (AvgIpc) is 2.52. The molecule has 3 aromatic rings. The summed E-state index contributed by atoms with van der Waals surface area (Å²) in [5.41, 5.74) is 7.21. The summed E-state index contributed by atoms with van der Waals surface area (Å²) in [4.78, 5) is 24.7. The first kappa shape index (κ1) is 17.5. The first-order valence-electron chi connectivity index (χ1n) is 7.89. The molecule has 0 spiro atoms. The van der Waals surface area contributed by atoms with Gasteiger partial charge < -0.3 is 10.5 Å². The molecule has 0 radical (unpaired) electrons. The zero-order chi connectivity index (χ0) is 18.9. The Balaban J connectivity index is 2.01. The SMILES string of the molecule is CC(C)(C)OC(=O)Nc1ncnc2ccc(-c3cc(N)cc(F)c3)nc12. The number of anilines is 2. The summed E-state index contributed by atoms with van der Waals surface area (Å²) in [5, 5.41) is 2.57. The van der Waals surface area contributed by atoms with Crippen molar-refractivity contribution in [1.29, 1.82) is 0 Å². The number of aromatic nitrogens is 3. The van der Waals surface area contributed by atoms with Gasteiger partial charge in [-0.1, -0.05) is 0 Å². The monoisotopic (exact) mass is 355 g/mol. The molecule has 1 amide bonds. The number of amides is 1. The van der Waals surface area contributed by atoms with Crippen molar-refractivity contribution in [1.82, 2.24) is 15.0 Å². The lowest BCUT2D eigenvalue weighted by atomic mass is 10.1. The fourth-order valence-corrected chi connectivity index (χ4v) is 2.35. The van der Waals surface area contributed by atoms with Crippen LogP contribution in [0.5, 0.6) is 0 Å². The molecule has 0 saturated carbocycles. The summed E-state index contributed by atoms with van der Waals surface area (Å²) >= 11 is 0. The molecule has 134 valence electrons. The van der Waals surface area contributed by atoms with Crippen molar-refractivity contribution in [3.8, 4) is 11.3 Å². The molecule has 1 aromatic carbocycles. The molecule has 0 saturated heterocycles. The second-order valence-corrected chi connectivity index (χ2v) is 6.69. The van der Waals surface area contributed by atoms with Crippen molar-refractivity contribution in [2.75, 3.05) is 11.1 Å². The minimum Gasteiger partial charge on any atom is -0.444 e. The maximum atomic E-state index is 13.6. The number of rotatable bonds is 2. The van der Waals surface area contributed by atoms with Crippen LogP contribution in [0.3, 0.4) is 0 Å². The van der Waals surface area contributed by atoms with E-state index in [1.807, 2.05) is 0 Å². The van der Waals surface area contributed by atoms with Crippen molar-refractivity contribution >= 4 is 28.6 Å². The Kier molecular flexibility index (Phi) is 4.41. The van der Waals surface area contributed by atoms with Crippen LogP contribution in [0.1, 0.15) is 20.8 Å². The van der Waals surface area contributed by atoms with Gasteiger partial charge in [-0.15, -0.1) is 0 Å². The number of nitrogens with zero attached hydrogens (tertiary/aromatic N) is 3. The summed E-state index contributed by atoms with van der Waals surface area (Å²) in [7, 11) is 0. The minimum atomic E-state index is -0.653. The number of nitrogens with one attached hydrogen (secondary N) is 1. The Bertz CT molecular complexity index is 965. The predicted octanol–water partition coefficient (Wildman–Crippen LogP) is 3.76. The van der Waals surface area contributed by atoms with Crippen LogP contribution in [0.2, 0.25) is 0 Å². The van der Waals surface area contributed by atoms with Gasteiger partial charge in [-0.25, -0.2) is 24.1 Å². The smallest absolute Gasteiger partial charge is 0.413 e. The molecule has 3 N–H and O–H groups in total. The fraction of sp³-hybridized carbons (Fsp3) is 0.222. The van der Waals surface area contributed by atoms with E-state index in [9.17, 15) is 9.18 Å². The van der Waals surface area contributed by atoms with E-state index >= 15 is 0 Å². The highest BCUT2D eigenvalue weighted by atomic mass is 19.1. The van der Waals surface area contributed by atoms with E-state index in [4.69, 9.17) is 10.5 Å². The van der Waals surface area contributed by atoms with Crippen molar-refractivity contribution in [3.05, 3.63) is 42.5 Å². The number of ether oxygens (including phenoxy) is 1. The number of pyridine rings is 1. The van der Waals surface area contributed by atoms with Gasteiger partial charge in [-0.05, 0) is 51.1 Å². The molecule has 26 heavy (non-hydrogen) atoms. The first-order chi connectivity index (χ1) is 12.2. The highest BCUT2D eigenvalue weighted by Crippen LogP contribution is 2.25. The number of hydrogen-bond donors (Lipinski definition) is 2. The van der Waals surface area contributed by atoms with E-state index in [-0.39, 0.29) is 5.82 Å². The van der Waals surface area contributed by atoms with E-state index < -0.39 is 17.5 Å². The Morgan fingerprint density at radius 2 is 1.96 bits per heavy atom. The zero-order valence-corrected chi connectivity index (χ0v) is 14.6. The molecule has 0 aliphatic rings. The third-order valence-electron chi connectivity index (χ3n) is 3.32. The number of nitrogen functional groups attached to an aromatic ring is 1. The number of carbonyl (C=O) groups excluding carboxylic acids is 1. The number of hydrogen-bond acceptors (Lipinski definition) is 6. The Morgan fingerprint density at radius 1 is 1.19 bits per heavy atom.